The van der Waals surface area contributed by atoms with E-state index in [1.807, 2.05) is 0 Å². The number of rotatable bonds is 2. The number of benzene rings is 1. The molecular formula is C6H6CuNNaO5S. The van der Waals surface area contributed by atoms with E-state index in [1.54, 1.807) is 0 Å². The molecule has 0 aliphatic rings. The van der Waals surface area contributed by atoms with Gasteiger partial charge < -0.3 is 0 Å². The van der Waals surface area contributed by atoms with Gasteiger partial charge in [-0.15, -0.1) is 0 Å². The third-order valence-corrected chi connectivity index (χ3v) is 2.18. The van der Waals surface area contributed by atoms with Gasteiger partial charge in [0.1, 0.15) is 4.90 Å². The van der Waals surface area contributed by atoms with Crippen molar-refractivity contribution in [1.29, 1.82) is 0 Å². The predicted molar refractivity (Wildman–Crippen MR) is 50.1 cm³/mol. The summed E-state index contributed by atoms with van der Waals surface area (Å²) < 4.78 is 29.6. The van der Waals surface area contributed by atoms with Gasteiger partial charge in [-0.3, -0.25) is 14.7 Å². The molecule has 6 nitrogen and oxygen atoms in total. The van der Waals surface area contributed by atoms with Crippen LogP contribution in [0.1, 0.15) is 0 Å². The van der Waals surface area contributed by atoms with Crippen LogP contribution in [0.15, 0.2) is 29.2 Å². The summed E-state index contributed by atoms with van der Waals surface area (Å²) in [6.07, 6.45) is 0. The van der Waals surface area contributed by atoms with Crippen LogP contribution < -0.4 is 0 Å². The molecule has 0 aliphatic carbocycles. The normalized spacial score (nSPS) is 9.67. The molecule has 0 saturated carbocycles. The summed E-state index contributed by atoms with van der Waals surface area (Å²) in [7, 11) is -4.36. The molecule has 0 aliphatic heterocycles. The van der Waals surface area contributed by atoms with Gasteiger partial charge in [0, 0.05) is 29.2 Å². The molecule has 9 heteroatoms. The fourth-order valence-electron chi connectivity index (χ4n) is 0.758. The third-order valence-electron chi connectivity index (χ3n) is 1.33. The minimum absolute atomic E-state index is 0. The van der Waals surface area contributed by atoms with Crippen molar-refractivity contribution in [2.75, 3.05) is 0 Å². The second-order valence-electron chi connectivity index (χ2n) is 2.23. The SMILES string of the molecule is O=[N+]([O-])c1cccc(S(=O)(=O)O)c1.[Cu].[NaH]. The molecule has 0 fully saturated rings. The van der Waals surface area contributed by atoms with Crippen molar-refractivity contribution >= 4 is 45.4 Å². The Kier molecular flexibility index (Phi) is 7.67. The van der Waals surface area contributed by atoms with E-state index >= 15 is 0 Å². The number of nitro benzene ring substituents is 1. The molecule has 0 aromatic heterocycles. The van der Waals surface area contributed by atoms with Gasteiger partial charge in [0.15, 0.2) is 0 Å². The molecule has 1 rings (SSSR count). The Morgan fingerprint density at radius 1 is 1.33 bits per heavy atom. The molecule has 0 heterocycles. The molecule has 0 bridgehead atoms. The van der Waals surface area contributed by atoms with Gasteiger partial charge in [0.05, 0.1) is 4.92 Å². The van der Waals surface area contributed by atoms with Gasteiger partial charge in [0.25, 0.3) is 15.8 Å². The number of hydrogen-bond donors (Lipinski definition) is 1. The Bertz CT molecular complexity index is 449. The van der Waals surface area contributed by atoms with Crippen LogP contribution in [0.5, 0.6) is 0 Å². The van der Waals surface area contributed by atoms with Gasteiger partial charge in [-0.25, -0.2) is 0 Å². The van der Waals surface area contributed by atoms with Crippen LogP contribution >= 0.6 is 0 Å². The standard InChI is InChI=1S/C6H5NO5S.Cu.Na.H/c8-7(9)5-2-1-3-6(4-5)13(10,11)12;;;/h1-4H,(H,10,11,12);;;. The molecule has 0 saturated heterocycles. The van der Waals surface area contributed by atoms with Crippen molar-refractivity contribution in [2.24, 2.45) is 0 Å². The van der Waals surface area contributed by atoms with E-state index in [-0.39, 0.29) is 52.3 Å². The molecule has 1 radical (unpaired) electrons. The monoisotopic (exact) mass is 290 g/mol. The van der Waals surface area contributed by atoms with E-state index in [4.69, 9.17) is 4.55 Å². The van der Waals surface area contributed by atoms with Crippen LogP contribution in [0, 0.1) is 10.1 Å². The van der Waals surface area contributed by atoms with Crippen LogP contribution in [0.3, 0.4) is 0 Å². The predicted octanol–water partition coefficient (Wildman–Crippen LogP) is 0.191. The van der Waals surface area contributed by atoms with E-state index in [0.29, 0.717) is 0 Å². The quantitative estimate of drug-likeness (QED) is 0.363. The van der Waals surface area contributed by atoms with Crippen LogP contribution in [0.4, 0.5) is 5.69 Å². The first-order valence-electron chi connectivity index (χ1n) is 3.13. The molecule has 83 valence electrons. The minimum atomic E-state index is -4.36. The summed E-state index contributed by atoms with van der Waals surface area (Å²) in [6, 6.07) is 4.17. The Morgan fingerprint density at radius 3 is 2.27 bits per heavy atom. The van der Waals surface area contributed by atoms with E-state index in [0.717, 1.165) is 18.2 Å². The van der Waals surface area contributed by atoms with Crippen molar-refractivity contribution in [3.63, 3.8) is 0 Å². The van der Waals surface area contributed by atoms with Gasteiger partial charge in [-0.2, -0.15) is 8.42 Å². The molecule has 1 aromatic carbocycles. The van der Waals surface area contributed by atoms with Gasteiger partial charge >= 0.3 is 29.6 Å². The first-order valence-corrected chi connectivity index (χ1v) is 4.57. The van der Waals surface area contributed by atoms with E-state index in [1.165, 1.54) is 6.07 Å². The Balaban J connectivity index is 0. The molecule has 0 amide bonds. The van der Waals surface area contributed by atoms with Gasteiger partial charge in [-0.1, -0.05) is 6.07 Å². The topological polar surface area (TPSA) is 97.5 Å². The summed E-state index contributed by atoms with van der Waals surface area (Å²) in [6.45, 7) is 0. The molecule has 1 aromatic rings. The molecular weight excluding hydrogens is 285 g/mol. The zero-order valence-corrected chi connectivity index (χ0v) is 8.30. The molecule has 1 N–H and O–H groups in total. The van der Waals surface area contributed by atoms with Crippen LogP contribution in [-0.2, 0) is 27.2 Å². The number of nitro groups is 1. The maximum absolute atomic E-state index is 10.5. The van der Waals surface area contributed by atoms with Crippen molar-refractivity contribution in [3.8, 4) is 0 Å². The maximum atomic E-state index is 10.5. The summed E-state index contributed by atoms with van der Waals surface area (Å²) in [5, 5.41) is 10.2. The third kappa shape index (κ3) is 5.07. The van der Waals surface area contributed by atoms with Crippen molar-refractivity contribution in [1.82, 2.24) is 0 Å². The fourth-order valence-corrected chi connectivity index (χ4v) is 1.28. The Hall–Kier alpha value is 0.0495. The fraction of sp³-hybridized carbons (Fsp3) is 0. The molecule has 0 atom stereocenters. The first-order chi connectivity index (χ1) is 5.91. The number of hydrogen-bond acceptors (Lipinski definition) is 4. The van der Waals surface area contributed by atoms with Crippen molar-refractivity contribution in [2.45, 2.75) is 4.90 Å². The average Bonchev–Trinajstić information content (AvgIpc) is 2.03. The van der Waals surface area contributed by atoms with Crippen LogP contribution in [-0.4, -0.2) is 47.5 Å². The number of non-ortho nitro benzene ring substituents is 1. The number of nitrogens with zero attached hydrogens (tertiary/aromatic N) is 1. The summed E-state index contributed by atoms with van der Waals surface area (Å²) in [5.74, 6) is 0. The summed E-state index contributed by atoms with van der Waals surface area (Å²) in [5.41, 5.74) is -0.380. The Morgan fingerprint density at radius 2 is 1.87 bits per heavy atom. The summed E-state index contributed by atoms with van der Waals surface area (Å²) >= 11 is 0. The van der Waals surface area contributed by atoms with Gasteiger partial charge in [-0.05, 0) is 6.07 Å². The average molecular weight is 291 g/mol. The molecule has 15 heavy (non-hydrogen) atoms. The van der Waals surface area contributed by atoms with Crippen molar-refractivity contribution in [3.05, 3.63) is 34.4 Å². The Labute approximate surface area is 119 Å². The van der Waals surface area contributed by atoms with Crippen LogP contribution in [0.25, 0.3) is 0 Å². The van der Waals surface area contributed by atoms with Gasteiger partial charge in [0.2, 0.25) is 0 Å². The van der Waals surface area contributed by atoms with E-state index in [9.17, 15) is 18.5 Å². The van der Waals surface area contributed by atoms with E-state index < -0.39 is 19.9 Å². The van der Waals surface area contributed by atoms with E-state index in [2.05, 4.69) is 0 Å². The van der Waals surface area contributed by atoms with Crippen molar-refractivity contribution < 1.29 is 35.0 Å². The second-order valence-corrected chi connectivity index (χ2v) is 3.65. The molecule has 0 spiro atoms. The first kappa shape index (κ1) is 17.4. The zero-order chi connectivity index (χ0) is 10.1. The zero-order valence-electron chi connectivity index (χ0n) is 6.55. The molecule has 0 unspecified atom stereocenters. The second kappa shape index (κ2) is 6.59. The van der Waals surface area contributed by atoms with Crippen LogP contribution in [0.2, 0.25) is 0 Å². The summed E-state index contributed by atoms with van der Waals surface area (Å²) in [4.78, 5) is 8.98.